The molecule has 1 aromatic heterocycles. The quantitative estimate of drug-likeness (QED) is 0.169. The summed E-state index contributed by atoms with van der Waals surface area (Å²) >= 11 is 0. The van der Waals surface area contributed by atoms with Crippen molar-refractivity contribution in [3.63, 3.8) is 0 Å². The fourth-order valence-electron chi connectivity index (χ4n) is 3.62. The highest BCUT2D eigenvalue weighted by atomic mass is 32.2. The molecule has 1 unspecified atom stereocenters. The maximum Gasteiger partial charge on any atom is 0.322 e. The molecule has 3 aromatic carbocycles. The molecule has 0 radical (unpaired) electrons. The minimum absolute atomic E-state index is 0.00259. The number of carboxylic acid groups (broad SMARTS) is 1. The lowest BCUT2D eigenvalue weighted by atomic mass is 10.1. The van der Waals surface area contributed by atoms with Gasteiger partial charge in [0.05, 0.1) is 4.90 Å². The smallest absolute Gasteiger partial charge is 0.322 e. The van der Waals surface area contributed by atoms with E-state index in [0.29, 0.717) is 16.9 Å². The second-order valence-corrected chi connectivity index (χ2v) is 9.66. The molecule has 0 saturated heterocycles. The molecular weight excluding hydrogens is 468 g/mol. The molecule has 0 aliphatic carbocycles. The first-order valence-corrected chi connectivity index (χ1v) is 12.2. The Morgan fingerprint density at radius 2 is 1.80 bits per heavy atom. The molecule has 0 bridgehead atoms. The number of benzene rings is 3. The number of aromatic nitrogens is 1. The summed E-state index contributed by atoms with van der Waals surface area (Å²) in [6.07, 6.45) is 1.61. The van der Waals surface area contributed by atoms with E-state index in [-0.39, 0.29) is 23.8 Å². The first kappa shape index (κ1) is 24.0. The summed E-state index contributed by atoms with van der Waals surface area (Å²) < 4.78 is 33.5. The standard InChI is InChI=1S/C25H24N4O5S/c26-24(27)17-8-6-16(7-9-17)15-34-19-10-11-22-21(13-19)18(14-28-22)12-23(25(30)31)29-35(32,33)20-4-2-1-3-5-20/h1-11,13-14,23,28-29H,12,15H2,(H3,26,27)(H,30,31). The van der Waals surface area contributed by atoms with Crippen LogP contribution in [0, 0.1) is 5.41 Å². The van der Waals surface area contributed by atoms with Crippen LogP contribution >= 0.6 is 0 Å². The molecule has 0 spiro atoms. The van der Waals surface area contributed by atoms with E-state index in [0.717, 1.165) is 16.5 Å². The second-order valence-electron chi connectivity index (χ2n) is 7.95. The van der Waals surface area contributed by atoms with Crippen LogP contribution in [-0.4, -0.2) is 36.4 Å². The third kappa shape index (κ3) is 5.68. The molecule has 10 heteroatoms. The van der Waals surface area contributed by atoms with Crippen molar-refractivity contribution in [2.45, 2.75) is 24.0 Å². The third-order valence-electron chi connectivity index (χ3n) is 5.48. The topological polar surface area (TPSA) is 158 Å². The van der Waals surface area contributed by atoms with Gasteiger partial charge in [0, 0.05) is 29.1 Å². The molecule has 0 aliphatic heterocycles. The summed E-state index contributed by atoms with van der Waals surface area (Å²) in [4.78, 5) is 15.0. The molecule has 0 saturated carbocycles. The molecule has 6 N–H and O–H groups in total. The van der Waals surface area contributed by atoms with Gasteiger partial charge in [0.25, 0.3) is 0 Å². The molecule has 0 amide bonds. The van der Waals surface area contributed by atoms with Crippen molar-refractivity contribution < 1.29 is 23.1 Å². The van der Waals surface area contributed by atoms with E-state index in [1.54, 1.807) is 48.7 Å². The Balaban J connectivity index is 1.51. The number of hydrogen-bond acceptors (Lipinski definition) is 5. The van der Waals surface area contributed by atoms with E-state index < -0.39 is 22.0 Å². The number of nitrogens with two attached hydrogens (primary N) is 1. The minimum atomic E-state index is -4.00. The van der Waals surface area contributed by atoms with E-state index in [9.17, 15) is 18.3 Å². The van der Waals surface area contributed by atoms with Gasteiger partial charge in [-0.25, -0.2) is 8.42 Å². The number of aliphatic carboxylic acids is 1. The van der Waals surface area contributed by atoms with E-state index in [1.807, 2.05) is 18.2 Å². The first-order valence-electron chi connectivity index (χ1n) is 10.7. The van der Waals surface area contributed by atoms with Crippen molar-refractivity contribution in [3.05, 3.63) is 95.7 Å². The van der Waals surface area contributed by atoms with Gasteiger partial charge in [0.15, 0.2) is 0 Å². The third-order valence-corrected chi connectivity index (χ3v) is 6.97. The Bertz CT molecular complexity index is 1470. The van der Waals surface area contributed by atoms with Crippen LogP contribution in [0.3, 0.4) is 0 Å². The number of carbonyl (C=O) groups is 1. The van der Waals surface area contributed by atoms with Crippen LogP contribution in [0.5, 0.6) is 5.75 Å². The minimum Gasteiger partial charge on any atom is -0.489 e. The molecule has 35 heavy (non-hydrogen) atoms. The lowest BCUT2D eigenvalue weighted by Gasteiger charge is -2.15. The number of carboxylic acids is 1. The number of rotatable bonds is 10. The summed E-state index contributed by atoms with van der Waals surface area (Å²) in [5.74, 6) is -0.709. The monoisotopic (exact) mass is 492 g/mol. The van der Waals surface area contributed by atoms with Crippen LogP contribution in [0.15, 0.2) is 83.9 Å². The van der Waals surface area contributed by atoms with Crippen molar-refractivity contribution in [2.24, 2.45) is 5.73 Å². The number of sulfonamides is 1. The van der Waals surface area contributed by atoms with E-state index >= 15 is 0 Å². The predicted octanol–water partition coefficient (Wildman–Crippen LogP) is 3.01. The average molecular weight is 493 g/mol. The van der Waals surface area contributed by atoms with E-state index in [4.69, 9.17) is 15.9 Å². The molecule has 0 aliphatic rings. The molecule has 1 heterocycles. The maximum atomic E-state index is 12.7. The van der Waals surface area contributed by atoms with Crippen molar-refractivity contribution in [1.82, 2.24) is 9.71 Å². The van der Waals surface area contributed by atoms with Gasteiger partial charge in [-0.15, -0.1) is 0 Å². The predicted molar refractivity (Wildman–Crippen MR) is 132 cm³/mol. The molecule has 180 valence electrons. The zero-order valence-electron chi connectivity index (χ0n) is 18.6. The Hall–Kier alpha value is -4.15. The van der Waals surface area contributed by atoms with Gasteiger partial charge < -0.3 is 20.6 Å². The van der Waals surface area contributed by atoms with Crippen LogP contribution in [0.2, 0.25) is 0 Å². The van der Waals surface area contributed by atoms with E-state index in [2.05, 4.69) is 9.71 Å². The normalized spacial score (nSPS) is 12.3. The maximum absolute atomic E-state index is 12.7. The van der Waals surface area contributed by atoms with Crippen LogP contribution in [0.4, 0.5) is 0 Å². The largest absolute Gasteiger partial charge is 0.489 e. The van der Waals surface area contributed by atoms with Crippen molar-refractivity contribution in [3.8, 4) is 5.75 Å². The molecule has 9 nitrogen and oxygen atoms in total. The van der Waals surface area contributed by atoms with Crippen molar-refractivity contribution in [1.29, 1.82) is 5.41 Å². The van der Waals surface area contributed by atoms with Crippen LogP contribution in [0.25, 0.3) is 10.9 Å². The van der Waals surface area contributed by atoms with Gasteiger partial charge in [-0.1, -0.05) is 42.5 Å². The highest BCUT2D eigenvalue weighted by Crippen LogP contribution is 2.26. The Morgan fingerprint density at radius 3 is 2.46 bits per heavy atom. The van der Waals surface area contributed by atoms with Crippen LogP contribution in [-0.2, 0) is 27.8 Å². The summed E-state index contributed by atoms with van der Waals surface area (Å²) in [5, 5.41) is 17.9. The fraction of sp³-hybridized carbons (Fsp3) is 0.120. The second kappa shape index (κ2) is 10.00. The number of aromatic amines is 1. The number of amidine groups is 1. The van der Waals surface area contributed by atoms with Gasteiger partial charge in [0.1, 0.15) is 24.2 Å². The summed E-state index contributed by atoms with van der Waals surface area (Å²) in [5.41, 5.74) is 8.41. The lowest BCUT2D eigenvalue weighted by molar-refractivity contribution is -0.138. The number of ether oxygens (including phenoxy) is 1. The lowest BCUT2D eigenvalue weighted by Crippen LogP contribution is -2.42. The number of hydrogen-bond donors (Lipinski definition) is 5. The van der Waals surface area contributed by atoms with Gasteiger partial charge in [0.2, 0.25) is 10.0 Å². The highest BCUT2D eigenvalue weighted by Gasteiger charge is 2.26. The number of H-pyrrole nitrogens is 1. The molecule has 4 aromatic rings. The summed E-state index contributed by atoms with van der Waals surface area (Å²) in [6.45, 7) is 0.290. The Morgan fingerprint density at radius 1 is 1.09 bits per heavy atom. The Kier molecular flexibility index (Phi) is 6.85. The molecule has 4 rings (SSSR count). The SMILES string of the molecule is N=C(N)c1ccc(COc2ccc3[nH]cc(CC(NS(=O)(=O)c4ccccc4)C(=O)O)c3c2)cc1. The number of fused-ring (bicyclic) bond motifs is 1. The zero-order chi connectivity index (χ0) is 25.0. The van der Waals surface area contributed by atoms with Crippen molar-refractivity contribution >= 4 is 32.7 Å². The van der Waals surface area contributed by atoms with Gasteiger partial charge in [-0.3, -0.25) is 10.2 Å². The summed E-state index contributed by atoms with van der Waals surface area (Å²) in [7, 11) is -4.00. The first-order chi connectivity index (χ1) is 16.7. The zero-order valence-corrected chi connectivity index (χ0v) is 19.4. The van der Waals surface area contributed by atoms with Gasteiger partial charge in [-0.05, 0) is 41.5 Å². The fourth-order valence-corrected chi connectivity index (χ4v) is 4.83. The number of nitrogens with one attached hydrogen (secondary N) is 3. The average Bonchev–Trinajstić information content (AvgIpc) is 3.25. The molecule has 1 atom stereocenters. The van der Waals surface area contributed by atoms with Crippen molar-refractivity contribution in [2.75, 3.05) is 0 Å². The van der Waals surface area contributed by atoms with E-state index in [1.165, 1.54) is 12.1 Å². The molecule has 0 fully saturated rings. The van der Waals surface area contributed by atoms with Gasteiger partial charge >= 0.3 is 5.97 Å². The highest BCUT2D eigenvalue weighted by molar-refractivity contribution is 7.89. The summed E-state index contributed by atoms with van der Waals surface area (Å²) in [6, 6.07) is 18.8. The van der Waals surface area contributed by atoms with Crippen LogP contribution < -0.4 is 15.2 Å². The van der Waals surface area contributed by atoms with Crippen LogP contribution in [0.1, 0.15) is 16.7 Å². The van der Waals surface area contributed by atoms with Gasteiger partial charge in [-0.2, -0.15) is 4.72 Å². The Labute approximate surface area is 202 Å². The number of nitrogen functional groups attached to an aromatic ring is 1. The molecular formula is C25H24N4O5S.